The van der Waals surface area contributed by atoms with Crippen LogP contribution in [0, 0.1) is 0 Å². The molecule has 2 rings (SSSR count). The van der Waals surface area contributed by atoms with E-state index in [1.165, 1.54) is 7.11 Å². The molecule has 1 aromatic heterocycles. The highest BCUT2D eigenvalue weighted by molar-refractivity contribution is 5.41. The van der Waals surface area contributed by atoms with E-state index in [9.17, 15) is 5.11 Å². The standard InChI is InChI=1S/C12H15N3O3/c1-17-10-6-8(2-4-9(10)16)3-5-11-14-15-12(7-13)18-11/h2,4,6,16H,3,5,7,13H2,1H3. The molecule has 0 amide bonds. The van der Waals surface area contributed by atoms with Gasteiger partial charge < -0.3 is 20.0 Å². The summed E-state index contributed by atoms with van der Waals surface area (Å²) in [5, 5.41) is 17.1. The number of hydrogen-bond acceptors (Lipinski definition) is 6. The molecule has 0 fully saturated rings. The molecule has 6 nitrogen and oxygen atoms in total. The van der Waals surface area contributed by atoms with E-state index < -0.39 is 0 Å². The van der Waals surface area contributed by atoms with Crippen molar-refractivity contribution in [3.05, 3.63) is 35.5 Å². The Morgan fingerprint density at radius 1 is 1.28 bits per heavy atom. The number of ether oxygens (including phenoxy) is 1. The van der Waals surface area contributed by atoms with Gasteiger partial charge in [0.25, 0.3) is 0 Å². The average Bonchev–Trinajstić information content (AvgIpc) is 2.86. The lowest BCUT2D eigenvalue weighted by Crippen LogP contribution is -1.95. The van der Waals surface area contributed by atoms with Crippen LogP contribution in [0.3, 0.4) is 0 Å². The first-order valence-electron chi connectivity index (χ1n) is 5.60. The summed E-state index contributed by atoms with van der Waals surface area (Å²) in [6.07, 6.45) is 1.35. The number of phenolic OH excluding ortho intramolecular Hbond substituents is 1. The summed E-state index contributed by atoms with van der Waals surface area (Å²) in [6, 6.07) is 5.22. The molecular formula is C12H15N3O3. The number of benzene rings is 1. The topological polar surface area (TPSA) is 94.4 Å². The van der Waals surface area contributed by atoms with Crippen LogP contribution >= 0.6 is 0 Å². The van der Waals surface area contributed by atoms with E-state index >= 15 is 0 Å². The molecule has 96 valence electrons. The number of aromatic nitrogens is 2. The summed E-state index contributed by atoms with van der Waals surface area (Å²) in [5.74, 6) is 1.58. The second-order valence-corrected chi connectivity index (χ2v) is 3.80. The molecule has 0 bridgehead atoms. The Morgan fingerprint density at radius 2 is 2.06 bits per heavy atom. The smallest absolute Gasteiger partial charge is 0.230 e. The van der Waals surface area contributed by atoms with E-state index in [-0.39, 0.29) is 12.3 Å². The van der Waals surface area contributed by atoms with Gasteiger partial charge in [-0.15, -0.1) is 10.2 Å². The van der Waals surface area contributed by atoms with Gasteiger partial charge in [0.1, 0.15) is 0 Å². The van der Waals surface area contributed by atoms with E-state index in [0.29, 0.717) is 24.0 Å². The molecule has 2 aromatic rings. The van der Waals surface area contributed by atoms with Crippen LogP contribution in [0.1, 0.15) is 17.3 Å². The first-order valence-corrected chi connectivity index (χ1v) is 5.60. The van der Waals surface area contributed by atoms with Crippen molar-refractivity contribution in [2.24, 2.45) is 5.73 Å². The van der Waals surface area contributed by atoms with Crippen LogP contribution in [0.15, 0.2) is 22.6 Å². The first kappa shape index (κ1) is 12.4. The monoisotopic (exact) mass is 249 g/mol. The average molecular weight is 249 g/mol. The summed E-state index contributed by atoms with van der Waals surface area (Å²) in [4.78, 5) is 0. The third kappa shape index (κ3) is 2.78. The zero-order valence-electron chi connectivity index (χ0n) is 10.1. The fraction of sp³-hybridized carbons (Fsp3) is 0.333. The largest absolute Gasteiger partial charge is 0.504 e. The molecule has 6 heteroatoms. The molecule has 0 spiro atoms. The molecule has 0 saturated heterocycles. The Hall–Kier alpha value is -2.08. The fourth-order valence-corrected chi connectivity index (χ4v) is 1.60. The van der Waals surface area contributed by atoms with E-state index in [4.69, 9.17) is 14.9 Å². The number of methoxy groups -OCH3 is 1. The minimum atomic E-state index is 0.129. The van der Waals surface area contributed by atoms with E-state index in [1.54, 1.807) is 12.1 Å². The van der Waals surface area contributed by atoms with Gasteiger partial charge in [-0.3, -0.25) is 0 Å². The van der Waals surface area contributed by atoms with Gasteiger partial charge in [0.05, 0.1) is 13.7 Å². The molecular weight excluding hydrogens is 234 g/mol. The van der Waals surface area contributed by atoms with E-state index in [0.717, 1.165) is 12.0 Å². The van der Waals surface area contributed by atoms with Crippen LogP contribution in [0.5, 0.6) is 11.5 Å². The van der Waals surface area contributed by atoms with Gasteiger partial charge in [-0.05, 0) is 24.1 Å². The molecule has 1 heterocycles. The SMILES string of the molecule is COc1cc(CCc2nnc(CN)o2)ccc1O. The lowest BCUT2D eigenvalue weighted by Gasteiger charge is -2.05. The summed E-state index contributed by atoms with van der Waals surface area (Å²) >= 11 is 0. The second-order valence-electron chi connectivity index (χ2n) is 3.80. The maximum Gasteiger partial charge on any atom is 0.230 e. The van der Waals surface area contributed by atoms with Gasteiger partial charge >= 0.3 is 0 Å². The zero-order valence-corrected chi connectivity index (χ0v) is 10.1. The Labute approximate surface area is 104 Å². The second kappa shape index (κ2) is 5.50. The maximum atomic E-state index is 9.48. The molecule has 0 aliphatic carbocycles. The lowest BCUT2D eigenvalue weighted by molar-refractivity contribution is 0.373. The van der Waals surface area contributed by atoms with Crippen LogP contribution in [0.2, 0.25) is 0 Å². The summed E-state index contributed by atoms with van der Waals surface area (Å²) in [6.45, 7) is 0.250. The van der Waals surface area contributed by atoms with Crippen LogP contribution < -0.4 is 10.5 Å². The fourth-order valence-electron chi connectivity index (χ4n) is 1.60. The summed E-state index contributed by atoms with van der Waals surface area (Å²) in [7, 11) is 1.52. The van der Waals surface area contributed by atoms with Crippen molar-refractivity contribution in [1.82, 2.24) is 10.2 Å². The van der Waals surface area contributed by atoms with Crippen LogP contribution in [-0.4, -0.2) is 22.4 Å². The van der Waals surface area contributed by atoms with Gasteiger partial charge in [-0.25, -0.2) is 0 Å². The lowest BCUT2D eigenvalue weighted by atomic mass is 10.1. The van der Waals surface area contributed by atoms with Crippen molar-refractivity contribution in [1.29, 1.82) is 0 Å². The number of aromatic hydroxyl groups is 1. The Morgan fingerprint density at radius 3 is 2.72 bits per heavy atom. The van der Waals surface area contributed by atoms with Crippen molar-refractivity contribution in [3.8, 4) is 11.5 Å². The van der Waals surface area contributed by atoms with Gasteiger partial charge in [-0.2, -0.15) is 0 Å². The van der Waals surface area contributed by atoms with Gasteiger partial charge in [0.2, 0.25) is 11.8 Å². The molecule has 1 aromatic carbocycles. The van der Waals surface area contributed by atoms with Crippen LogP contribution in [-0.2, 0) is 19.4 Å². The van der Waals surface area contributed by atoms with Crippen molar-refractivity contribution in [2.45, 2.75) is 19.4 Å². The Balaban J connectivity index is 2.01. The molecule has 3 N–H and O–H groups in total. The molecule has 0 radical (unpaired) electrons. The molecule has 18 heavy (non-hydrogen) atoms. The highest BCUT2D eigenvalue weighted by Crippen LogP contribution is 2.26. The van der Waals surface area contributed by atoms with Gasteiger partial charge in [0, 0.05) is 6.42 Å². The molecule has 0 unspecified atom stereocenters. The number of rotatable bonds is 5. The number of hydrogen-bond donors (Lipinski definition) is 2. The molecule has 0 atom stereocenters. The van der Waals surface area contributed by atoms with Crippen LogP contribution in [0.4, 0.5) is 0 Å². The van der Waals surface area contributed by atoms with E-state index in [1.807, 2.05) is 6.07 Å². The van der Waals surface area contributed by atoms with Gasteiger partial charge in [0.15, 0.2) is 11.5 Å². The predicted octanol–water partition coefficient (Wildman–Crippen LogP) is 1.03. The quantitative estimate of drug-likeness (QED) is 0.821. The molecule has 0 aliphatic rings. The summed E-state index contributed by atoms with van der Waals surface area (Å²) < 4.78 is 10.3. The Kier molecular flexibility index (Phi) is 3.78. The third-order valence-electron chi connectivity index (χ3n) is 2.55. The zero-order chi connectivity index (χ0) is 13.0. The maximum absolute atomic E-state index is 9.48. The molecule has 0 saturated carbocycles. The number of nitrogens with two attached hydrogens (primary N) is 1. The first-order chi connectivity index (χ1) is 8.72. The summed E-state index contributed by atoms with van der Waals surface area (Å²) in [5.41, 5.74) is 6.41. The predicted molar refractivity (Wildman–Crippen MR) is 64.3 cm³/mol. The van der Waals surface area contributed by atoms with Crippen molar-refractivity contribution < 1.29 is 14.3 Å². The highest BCUT2D eigenvalue weighted by atomic mass is 16.5. The number of phenols is 1. The Bertz CT molecular complexity index is 525. The van der Waals surface area contributed by atoms with Crippen molar-refractivity contribution in [3.63, 3.8) is 0 Å². The molecule has 0 aliphatic heterocycles. The van der Waals surface area contributed by atoms with Crippen molar-refractivity contribution in [2.75, 3.05) is 7.11 Å². The normalized spacial score (nSPS) is 10.6. The van der Waals surface area contributed by atoms with E-state index in [2.05, 4.69) is 10.2 Å². The third-order valence-corrected chi connectivity index (χ3v) is 2.55. The highest BCUT2D eigenvalue weighted by Gasteiger charge is 2.07. The van der Waals surface area contributed by atoms with Gasteiger partial charge in [-0.1, -0.05) is 6.07 Å². The van der Waals surface area contributed by atoms with Crippen molar-refractivity contribution >= 4 is 0 Å². The minimum absolute atomic E-state index is 0.129. The number of aryl methyl sites for hydroxylation is 2. The minimum Gasteiger partial charge on any atom is -0.504 e. The number of nitrogens with zero attached hydrogens (tertiary/aromatic N) is 2. The van der Waals surface area contributed by atoms with Crippen LogP contribution in [0.25, 0.3) is 0 Å².